The molecule has 0 spiro atoms. The predicted octanol–water partition coefficient (Wildman–Crippen LogP) is 4.24. The first-order valence-electron chi connectivity index (χ1n) is 10.8. The molecule has 27 heavy (non-hydrogen) atoms. The fourth-order valence-corrected chi connectivity index (χ4v) is 3.78. The molecule has 2 aliphatic carbocycles. The number of hydrogen-bond donors (Lipinski definition) is 3. The van der Waals surface area contributed by atoms with Gasteiger partial charge in [-0.15, -0.1) is 0 Å². The highest BCUT2D eigenvalue weighted by Crippen LogP contribution is 2.22. The van der Waals surface area contributed by atoms with Crippen LogP contribution in [-0.4, -0.2) is 25.7 Å². The number of nitrogens with two attached hydrogens (primary N) is 3. The van der Waals surface area contributed by atoms with Crippen LogP contribution in [0, 0.1) is 11.8 Å². The van der Waals surface area contributed by atoms with E-state index in [1.54, 1.807) is 7.11 Å². The molecule has 0 aromatic heterocycles. The molecule has 1 aromatic rings. The minimum Gasteiger partial charge on any atom is -0.497 e. The summed E-state index contributed by atoms with van der Waals surface area (Å²) in [6.45, 7) is 5.25. The maximum Gasteiger partial charge on any atom is 0.118 e. The first kappa shape index (κ1) is 23.9. The van der Waals surface area contributed by atoms with Crippen molar-refractivity contribution in [3.8, 4) is 5.75 Å². The molecule has 4 atom stereocenters. The Labute approximate surface area is 167 Å². The van der Waals surface area contributed by atoms with Crippen molar-refractivity contribution in [3.63, 3.8) is 0 Å². The van der Waals surface area contributed by atoms with E-state index >= 15 is 0 Å². The Bertz CT molecular complexity index is 459. The summed E-state index contributed by atoms with van der Waals surface area (Å²) in [5.74, 6) is 2.56. The van der Waals surface area contributed by atoms with Crippen LogP contribution < -0.4 is 21.9 Å². The van der Waals surface area contributed by atoms with E-state index in [1.807, 2.05) is 24.3 Å². The number of methoxy groups -OCH3 is 1. The minimum absolute atomic E-state index is 0.503. The standard InChI is InChI=1S/C9H13NO.2C7H15N/c1-11-9-4-2-8(3-5-9)6-7-10;1-6-3-2-4-7(8)5-6;1-6-4-2-3-5-7(6)8/h2-5H,6-7,10H2,1H3;2*6-7H,2-5,8H2,1H3. The van der Waals surface area contributed by atoms with Crippen LogP contribution in [0.4, 0.5) is 0 Å². The summed E-state index contributed by atoms with van der Waals surface area (Å²) in [7, 11) is 1.66. The smallest absolute Gasteiger partial charge is 0.118 e. The Morgan fingerprint density at radius 2 is 1.59 bits per heavy atom. The van der Waals surface area contributed by atoms with E-state index in [9.17, 15) is 0 Å². The van der Waals surface area contributed by atoms with E-state index in [2.05, 4.69) is 13.8 Å². The molecular weight excluding hydrogens is 334 g/mol. The monoisotopic (exact) mass is 377 g/mol. The molecule has 2 saturated carbocycles. The Balaban J connectivity index is 0.000000206. The molecule has 2 fully saturated rings. The van der Waals surface area contributed by atoms with E-state index in [1.165, 1.54) is 56.9 Å². The van der Waals surface area contributed by atoms with Crippen LogP contribution in [0.3, 0.4) is 0 Å². The zero-order chi connectivity index (χ0) is 20.1. The molecule has 3 rings (SSSR count). The van der Waals surface area contributed by atoms with Crippen LogP contribution in [0.1, 0.15) is 70.8 Å². The van der Waals surface area contributed by atoms with Gasteiger partial charge in [-0.3, -0.25) is 0 Å². The maximum absolute atomic E-state index is 5.78. The number of hydrogen-bond acceptors (Lipinski definition) is 4. The molecule has 1 aromatic carbocycles. The second kappa shape index (κ2) is 14.0. The molecule has 0 aliphatic heterocycles. The van der Waals surface area contributed by atoms with E-state index in [4.69, 9.17) is 21.9 Å². The number of benzene rings is 1. The van der Waals surface area contributed by atoms with Gasteiger partial charge in [-0.25, -0.2) is 0 Å². The normalized spacial score (nSPS) is 27.5. The van der Waals surface area contributed by atoms with Crippen molar-refractivity contribution < 1.29 is 4.74 Å². The van der Waals surface area contributed by atoms with Gasteiger partial charge < -0.3 is 21.9 Å². The summed E-state index contributed by atoms with van der Waals surface area (Å²) in [5, 5.41) is 0. The lowest BCUT2D eigenvalue weighted by molar-refractivity contribution is 0.331. The van der Waals surface area contributed by atoms with Crippen molar-refractivity contribution in [3.05, 3.63) is 29.8 Å². The third kappa shape index (κ3) is 10.7. The van der Waals surface area contributed by atoms with Gasteiger partial charge >= 0.3 is 0 Å². The molecule has 0 radical (unpaired) electrons. The van der Waals surface area contributed by atoms with Crippen molar-refractivity contribution in [2.45, 2.75) is 83.7 Å². The molecule has 0 heterocycles. The van der Waals surface area contributed by atoms with Gasteiger partial charge in [0.05, 0.1) is 7.11 Å². The number of ether oxygens (including phenoxy) is 1. The van der Waals surface area contributed by atoms with Gasteiger partial charge in [0.2, 0.25) is 0 Å². The van der Waals surface area contributed by atoms with E-state index in [0.29, 0.717) is 18.6 Å². The molecule has 0 amide bonds. The summed E-state index contributed by atoms with van der Waals surface area (Å²) in [6.07, 6.45) is 11.5. The lowest BCUT2D eigenvalue weighted by Gasteiger charge is -2.24. The van der Waals surface area contributed by atoms with E-state index in [-0.39, 0.29) is 0 Å². The summed E-state index contributed by atoms with van der Waals surface area (Å²) in [4.78, 5) is 0. The maximum atomic E-state index is 5.78. The summed E-state index contributed by atoms with van der Waals surface area (Å²) < 4.78 is 5.02. The van der Waals surface area contributed by atoms with E-state index < -0.39 is 0 Å². The Kier molecular flexibility index (Phi) is 12.4. The predicted molar refractivity (Wildman–Crippen MR) is 117 cm³/mol. The van der Waals surface area contributed by atoms with Crippen molar-refractivity contribution >= 4 is 0 Å². The van der Waals surface area contributed by atoms with Crippen LogP contribution in [0.25, 0.3) is 0 Å². The van der Waals surface area contributed by atoms with Crippen molar-refractivity contribution in [2.75, 3.05) is 13.7 Å². The molecular formula is C23H43N3O. The third-order valence-electron chi connectivity index (χ3n) is 5.75. The minimum atomic E-state index is 0.503. The van der Waals surface area contributed by atoms with Gasteiger partial charge in [0.15, 0.2) is 0 Å². The molecule has 2 aliphatic rings. The fourth-order valence-electron chi connectivity index (χ4n) is 3.78. The fraction of sp³-hybridized carbons (Fsp3) is 0.739. The van der Waals surface area contributed by atoms with Crippen LogP contribution in [0.15, 0.2) is 24.3 Å². The lowest BCUT2D eigenvalue weighted by Crippen LogP contribution is -2.30. The zero-order valence-corrected chi connectivity index (χ0v) is 17.8. The largest absolute Gasteiger partial charge is 0.497 e. The Hall–Kier alpha value is -1.10. The second-order valence-electron chi connectivity index (χ2n) is 8.34. The van der Waals surface area contributed by atoms with Gasteiger partial charge in [0.25, 0.3) is 0 Å². The van der Waals surface area contributed by atoms with Gasteiger partial charge in [-0.2, -0.15) is 0 Å². The molecule has 156 valence electrons. The van der Waals surface area contributed by atoms with Crippen LogP contribution in [-0.2, 0) is 6.42 Å². The molecule has 0 bridgehead atoms. The third-order valence-corrected chi connectivity index (χ3v) is 5.75. The topological polar surface area (TPSA) is 87.3 Å². The average molecular weight is 378 g/mol. The summed E-state index contributed by atoms with van der Waals surface area (Å²) in [6, 6.07) is 8.98. The van der Waals surface area contributed by atoms with E-state index in [0.717, 1.165) is 24.0 Å². The first-order chi connectivity index (χ1) is 13.0. The zero-order valence-electron chi connectivity index (χ0n) is 17.8. The van der Waals surface area contributed by atoms with Gasteiger partial charge in [-0.05, 0) is 68.2 Å². The number of rotatable bonds is 3. The second-order valence-corrected chi connectivity index (χ2v) is 8.34. The highest BCUT2D eigenvalue weighted by Gasteiger charge is 2.16. The van der Waals surface area contributed by atoms with Gasteiger partial charge in [0.1, 0.15) is 5.75 Å². The SMILES string of the molecule is CC1CCCC(N)C1.CC1CCCCC1N.COc1ccc(CCN)cc1. The van der Waals surface area contributed by atoms with Crippen LogP contribution in [0.5, 0.6) is 5.75 Å². The quantitative estimate of drug-likeness (QED) is 0.735. The molecule has 4 nitrogen and oxygen atoms in total. The van der Waals surface area contributed by atoms with Gasteiger partial charge in [0, 0.05) is 12.1 Å². The van der Waals surface area contributed by atoms with Crippen molar-refractivity contribution in [1.29, 1.82) is 0 Å². The highest BCUT2D eigenvalue weighted by atomic mass is 16.5. The lowest BCUT2D eigenvalue weighted by atomic mass is 9.87. The molecule has 4 unspecified atom stereocenters. The average Bonchev–Trinajstić information content (AvgIpc) is 2.66. The Morgan fingerprint density at radius 1 is 0.926 bits per heavy atom. The summed E-state index contributed by atoms with van der Waals surface area (Å²) in [5.41, 5.74) is 18.2. The van der Waals surface area contributed by atoms with Crippen molar-refractivity contribution in [2.24, 2.45) is 29.0 Å². The van der Waals surface area contributed by atoms with Crippen molar-refractivity contribution in [1.82, 2.24) is 0 Å². The highest BCUT2D eigenvalue weighted by molar-refractivity contribution is 5.27. The molecule has 0 saturated heterocycles. The Morgan fingerprint density at radius 3 is 2.00 bits per heavy atom. The summed E-state index contributed by atoms with van der Waals surface area (Å²) >= 11 is 0. The molecule has 6 N–H and O–H groups in total. The van der Waals surface area contributed by atoms with Gasteiger partial charge in [-0.1, -0.05) is 51.7 Å². The first-order valence-corrected chi connectivity index (χ1v) is 10.8. The van der Waals surface area contributed by atoms with Crippen LogP contribution >= 0.6 is 0 Å². The molecule has 4 heteroatoms. The van der Waals surface area contributed by atoms with Crippen LogP contribution in [0.2, 0.25) is 0 Å².